The van der Waals surface area contributed by atoms with E-state index in [1.165, 1.54) is 47.5 Å². The van der Waals surface area contributed by atoms with Crippen molar-refractivity contribution >= 4 is 101 Å². The number of anilines is 1. The van der Waals surface area contributed by atoms with E-state index in [-0.39, 0.29) is 61.1 Å². The lowest BCUT2D eigenvalue weighted by atomic mass is 10.1. The zero-order chi connectivity index (χ0) is 39.7. The monoisotopic (exact) mass is 863 g/mol. The molecule has 0 amide bonds. The molecule has 27 heteroatoms. The fourth-order valence-corrected chi connectivity index (χ4v) is 7.22. The number of hydrogen-bond donors (Lipinski definition) is 7. The predicted molar refractivity (Wildman–Crippen MR) is 201 cm³/mol. The van der Waals surface area contributed by atoms with E-state index in [0.717, 1.165) is 17.8 Å². The first kappa shape index (κ1) is 44.8. The van der Waals surface area contributed by atoms with E-state index < -0.39 is 47.4 Å². The molecule has 0 radical (unpaired) electrons. The van der Waals surface area contributed by atoms with Crippen LogP contribution in [0.2, 0.25) is 0 Å². The number of benzene rings is 4. The number of nitrogen functional groups attached to an aromatic ring is 1. The molecule has 4 aromatic rings. The molecular formula is C28H29N7O15S5. The number of nitrogens with zero attached hydrogens (tertiary/aromatic N) is 6. The molecule has 55 heavy (non-hydrogen) atoms. The van der Waals surface area contributed by atoms with Crippen LogP contribution in [0.5, 0.6) is 5.75 Å². The van der Waals surface area contributed by atoms with Crippen molar-refractivity contribution < 1.29 is 69.5 Å². The van der Waals surface area contributed by atoms with Gasteiger partial charge in [0, 0.05) is 30.5 Å². The van der Waals surface area contributed by atoms with Crippen LogP contribution in [0, 0.1) is 11.4 Å². The third-order valence-electron chi connectivity index (χ3n) is 6.62. The van der Waals surface area contributed by atoms with Crippen LogP contribution < -0.4 is 5.73 Å². The molecule has 4 rings (SSSR count). The van der Waals surface area contributed by atoms with Gasteiger partial charge in [-0.05, 0) is 82.1 Å². The van der Waals surface area contributed by atoms with Crippen molar-refractivity contribution in [3.8, 4) is 17.1 Å². The average molecular weight is 864 g/mol. The first-order valence-corrected chi connectivity index (χ1v) is 20.2. The highest BCUT2D eigenvalue weighted by Crippen LogP contribution is 2.56. The average Bonchev–Trinajstić information content (AvgIpc) is 3.11. The highest BCUT2D eigenvalue weighted by molar-refractivity contribution is 8.19. The molecule has 4 aromatic carbocycles. The molecule has 0 saturated carbocycles. The van der Waals surface area contributed by atoms with Gasteiger partial charge in [-0.3, -0.25) is 14.4 Å². The molecule has 0 aliphatic heterocycles. The number of rotatable bonds is 16. The number of azo groups is 2. The number of hydrazone groups is 1. The summed E-state index contributed by atoms with van der Waals surface area (Å²) in [6, 6.07) is 13.7. The number of nitrogens with two attached hydrogens (primary N) is 1. The van der Waals surface area contributed by atoms with Gasteiger partial charge in [-0.15, -0.1) is 14.6 Å². The van der Waals surface area contributed by atoms with Crippen LogP contribution in [-0.4, -0.2) is 82.0 Å². The Labute approximate surface area is 322 Å². The molecule has 0 saturated heterocycles. The van der Waals surface area contributed by atoms with Gasteiger partial charge in [0.1, 0.15) is 22.2 Å². The van der Waals surface area contributed by atoms with E-state index in [9.17, 15) is 35.6 Å². The van der Waals surface area contributed by atoms with Gasteiger partial charge in [-0.25, -0.2) is 13.7 Å². The van der Waals surface area contributed by atoms with Crippen molar-refractivity contribution in [1.29, 1.82) is 0 Å². The molecule has 296 valence electrons. The SMILES string of the molecule is C=NN(C)CCS(=O)(=O)c1ccc(N=Nc2c(S(O)(O)O)cc3cc(SOOO)c(N=Nc4ccc(SC#COOS(=O)(=O)O)cc4)c(N)c3c2O)cc1.O. The molecule has 0 atom stereocenters. The quantitative estimate of drug-likeness (QED) is 0.00755. The Bertz CT molecular complexity index is 2350. The lowest BCUT2D eigenvalue weighted by molar-refractivity contribution is -0.432. The van der Waals surface area contributed by atoms with Gasteiger partial charge in [0.25, 0.3) is 0 Å². The van der Waals surface area contributed by atoms with Gasteiger partial charge in [-0.1, -0.05) is 5.04 Å². The van der Waals surface area contributed by atoms with Gasteiger partial charge < -0.3 is 30.0 Å². The molecule has 0 bridgehead atoms. The molecule has 0 spiro atoms. The zero-order valence-electron chi connectivity index (χ0n) is 27.6. The summed E-state index contributed by atoms with van der Waals surface area (Å²) in [7, 11) is -11.5. The number of thioether (sulfide) groups is 1. The fraction of sp³-hybridized carbons (Fsp3) is 0.107. The van der Waals surface area contributed by atoms with Gasteiger partial charge in [0.2, 0.25) is 0 Å². The normalized spacial score (nSPS) is 12.3. The van der Waals surface area contributed by atoms with E-state index in [0.29, 0.717) is 16.9 Å². The second kappa shape index (κ2) is 19.3. The highest BCUT2D eigenvalue weighted by atomic mass is 32.3. The van der Waals surface area contributed by atoms with E-state index in [1.54, 1.807) is 19.2 Å². The second-order valence-corrected chi connectivity index (χ2v) is 16.4. The molecular weight excluding hydrogens is 835 g/mol. The Morgan fingerprint density at radius 1 is 0.909 bits per heavy atom. The van der Waals surface area contributed by atoms with Crippen molar-refractivity contribution in [1.82, 2.24) is 5.01 Å². The van der Waals surface area contributed by atoms with E-state index in [4.69, 9.17) is 15.5 Å². The summed E-state index contributed by atoms with van der Waals surface area (Å²) in [6.45, 7) is 3.43. The predicted octanol–water partition coefficient (Wildman–Crippen LogP) is 6.23. The Kier molecular flexibility index (Phi) is 15.7. The lowest BCUT2D eigenvalue weighted by Crippen LogP contribution is -2.21. The number of phenolic OH excluding ortho intramolecular Hbond substituents is 1. The standard InChI is InChI=1S/C28H27N7O14S5.H2O/c1-30-35(2)11-14-52(38,39)21-9-5-19(6-10-21)32-34-27-23(53(40,41)42)16-17-15-22(51-48-47-37)26(25(29)24(17)28(27)36)33-31-18-3-7-20(8-4-18)50-13-12-46-49-54(43,44)45;/h3-10,15-16,36-37,40-42H,1,11,14,29H2,2H3,(H,43,44,45);1H2. The Morgan fingerprint density at radius 2 is 1.51 bits per heavy atom. The Hall–Kier alpha value is -4.64. The third-order valence-corrected chi connectivity index (χ3v) is 10.8. The zero-order valence-corrected chi connectivity index (χ0v) is 31.7. The van der Waals surface area contributed by atoms with E-state index >= 15 is 0 Å². The molecule has 0 heterocycles. The number of phenols is 1. The number of sulfone groups is 1. The number of aromatic hydroxyl groups is 1. The van der Waals surface area contributed by atoms with Gasteiger partial charge in [0.05, 0.1) is 54.9 Å². The summed E-state index contributed by atoms with van der Waals surface area (Å²) in [4.78, 5) is 3.94. The summed E-state index contributed by atoms with van der Waals surface area (Å²) in [5, 5.41) is 47.2. The van der Waals surface area contributed by atoms with Crippen LogP contribution in [0.25, 0.3) is 10.8 Å². The molecule has 0 unspecified atom stereocenters. The molecule has 0 fully saturated rings. The molecule has 0 aromatic heterocycles. The van der Waals surface area contributed by atoms with Crippen LogP contribution in [0.1, 0.15) is 0 Å². The molecule has 0 aliphatic carbocycles. The Morgan fingerprint density at radius 3 is 2.07 bits per heavy atom. The summed E-state index contributed by atoms with van der Waals surface area (Å²) in [6.07, 6.45) is 1.90. The summed E-state index contributed by atoms with van der Waals surface area (Å²) in [5.41, 5.74) is 5.81. The molecule has 10 N–H and O–H groups in total. The van der Waals surface area contributed by atoms with Crippen molar-refractivity contribution in [2.45, 2.75) is 19.6 Å². The summed E-state index contributed by atoms with van der Waals surface area (Å²) >= 11 is 1.31. The number of fused-ring (bicyclic) bond motifs is 1. The number of hydrogen-bond acceptors (Lipinski definition) is 22. The van der Waals surface area contributed by atoms with Crippen LogP contribution >= 0.6 is 34.7 Å². The second-order valence-electron chi connectivity index (χ2n) is 10.2. The fourth-order valence-electron chi connectivity index (χ4n) is 4.15. The first-order chi connectivity index (χ1) is 25.4. The lowest BCUT2D eigenvalue weighted by Gasteiger charge is -2.23. The molecule has 0 aliphatic rings. The minimum absolute atomic E-state index is 0. The van der Waals surface area contributed by atoms with Crippen molar-refractivity contribution in [2.75, 3.05) is 25.1 Å². The maximum atomic E-state index is 12.7. The maximum absolute atomic E-state index is 12.7. The van der Waals surface area contributed by atoms with E-state index in [2.05, 4.69) is 56.1 Å². The summed E-state index contributed by atoms with van der Waals surface area (Å²) in [5.74, 6) is -1.01. The van der Waals surface area contributed by atoms with Gasteiger partial charge in [0.15, 0.2) is 21.7 Å². The van der Waals surface area contributed by atoms with Crippen LogP contribution in [0.4, 0.5) is 28.4 Å². The molecule has 22 nitrogen and oxygen atoms in total. The smallest absolute Gasteiger partial charge is 0.433 e. The third kappa shape index (κ3) is 12.4. The highest BCUT2D eigenvalue weighted by Gasteiger charge is 2.28. The summed E-state index contributed by atoms with van der Waals surface area (Å²) < 4.78 is 93.6. The van der Waals surface area contributed by atoms with Crippen LogP contribution in [0.15, 0.2) is 106 Å². The van der Waals surface area contributed by atoms with Crippen LogP contribution in [0.3, 0.4) is 0 Å². The first-order valence-electron chi connectivity index (χ1n) is 14.1. The van der Waals surface area contributed by atoms with Gasteiger partial charge >= 0.3 is 10.4 Å². The van der Waals surface area contributed by atoms with Crippen molar-refractivity contribution in [3.63, 3.8) is 0 Å². The Balaban J connectivity index is 0.00000812. The minimum Gasteiger partial charge on any atom is -0.505 e. The van der Waals surface area contributed by atoms with E-state index in [1.807, 2.05) is 6.11 Å². The van der Waals surface area contributed by atoms with Gasteiger partial charge in [-0.2, -0.15) is 23.7 Å². The topological polar surface area (TPSA) is 349 Å². The van der Waals surface area contributed by atoms with Crippen molar-refractivity contribution in [2.24, 2.45) is 25.6 Å². The maximum Gasteiger partial charge on any atom is 0.433 e. The largest absolute Gasteiger partial charge is 0.505 e. The minimum atomic E-state index is -4.83. The van der Waals surface area contributed by atoms with Crippen LogP contribution in [-0.2, 0) is 38.8 Å². The van der Waals surface area contributed by atoms with Crippen molar-refractivity contribution in [3.05, 3.63) is 60.7 Å².